The molecule has 0 bridgehead atoms. The third kappa shape index (κ3) is 2.32. The van der Waals surface area contributed by atoms with E-state index in [0.717, 1.165) is 48.4 Å². The molecule has 0 aliphatic carbocycles. The van der Waals surface area contributed by atoms with Gasteiger partial charge < -0.3 is 4.90 Å². The Morgan fingerprint density at radius 3 is 2.57 bits per heavy atom. The van der Waals surface area contributed by atoms with Crippen LogP contribution >= 0.6 is 0 Å². The van der Waals surface area contributed by atoms with Crippen LogP contribution in [0, 0.1) is 6.92 Å². The Balaban J connectivity index is 1.89. The topological polar surface area (TPSA) is 53.4 Å². The number of piperidine rings is 1. The highest BCUT2D eigenvalue weighted by Gasteiger charge is 2.20. The van der Waals surface area contributed by atoms with Gasteiger partial charge in [-0.25, -0.2) is 4.98 Å². The van der Waals surface area contributed by atoms with Crippen molar-refractivity contribution in [1.29, 1.82) is 0 Å². The number of H-pyrrole nitrogens is 1. The van der Waals surface area contributed by atoms with Gasteiger partial charge in [0.25, 0.3) is 5.56 Å². The predicted molar refractivity (Wildman–Crippen MR) is 92.0 cm³/mol. The minimum atomic E-state index is -0.00317. The van der Waals surface area contributed by atoms with Gasteiger partial charge in [-0.15, -0.1) is 0 Å². The molecule has 3 heterocycles. The van der Waals surface area contributed by atoms with Crippen molar-refractivity contribution in [3.8, 4) is 11.1 Å². The first-order chi connectivity index (χ1) is 11.3. The van der Waals surface area contributed by atoms with Crippen molar-refractivity contribution in [1.82, 2.24) is 14.6 Å². The smallest absolute Gasteiger partial charge is 0.296 e. The fourth-order valence-electron chi connectivity index (χ4n) is 3.42. The zero-order chi connectivity index (χ0) is 15.8. The largest absolute Gasteiger partial charge is 0.366 e. The molecule has 0 spiro atoms. The van der Waals surface area contributed by atoms with Gasteiger partial charge in [-0.2, -0.15) is 4.52 Å². The van der Waals surface area contributed by atoms with Crippen molar-refractivity contribution >= 4 is 11.3 Å². The first-order valence-electron chi connectivity index (χ1n) is 8.17. The van der Waals surface area contributed by atoms with E-state index in [2.05, 4.69) is 10.00 Å². The van der Waals surface area contributed by atoms with Crippen LogP contribution in [0.15, 0.2) is 41.3 Å². The second-order valence-corrected chi connectivity index (χ2v) is 6.11. The average Bonchev–Trinajstić information content (AvgIpc) is 3.00. The highest BCUT2D eigenvalue weighted by molar-refractivity contribution is 5.77. The number of rotatable bonds is 2. The number of benzene rings is 1. The van der Waals surface area contributed by atoms with Gasteiger partial charge in [0.2, 0.25) is 0 Å². The van der Waals surface area contributed by atoms with Crippen LogP contribution in [0.4, 0.5) is 5.69 Å². The van der Waals surface area contributed by atoms with E-state index >= 15 is 0 Å². The van der Waals surface area contributed by atoms with Crippen molar-refractivity contribution in [2.45, 2.75) is 26.2 Å². The van der Waals surface area contributed by atoms with Crippen LogP contribution in [0.5, 0.6) is 0 Å². The molecule has 0 radical (unpaired) electrons. The Morgan fingerprint density at radius 2 is 1.83 bits per heavy atom. The number of nitrogens with zero attached hydrogens (tertiary/aromatic N) is 3. The summed E-state index contributed by atoms with van der Waals surface area (Å²) < 4.78 is 1.57. The summed E-state index contributed by atoms with van der Waals surface area (Å²) in [5, 5.41) is 3.08. The lowest BCUT2D eigenvalue weighted by molar-refractivity contribution is 0.573. The molecule has 0 unspecified atom stereocenters. The van der Waals surface area contributed by atoms with Gasteiger partial charge >= 0.3 is 0 Å². The molecule has 0 saturated carbocycles. The molecule has 1 aliphatic heterocycles. The Morgan fingerprint density at radius 1 is 1.09 bits per heavy atom. The van der Waals surface area contributed by atoms with Crippen LogP contribution in [-0.4, -0.2) is 27.7 Å². The summed E-state index contributed by atoms with van der Waals surface area (Å²) in [6, 6.07) is 10.0. The lowest BCUT2D eigenvalue weighted by Gasteiger charge is -2.28. The zero-order valence-corrected chi connectivity index (χ0v) is 13.2. The molecular formula is C18H20N4O. The molecule has 2 aromatic heterocycles. The van der Waals surface area contributed by atoms with Crippen LogP contribution in [0.2, 0.25) is 0 Å². The van der Waals surface area contributed by atoms with Crippen LogP contribution < -0.4 is 10.5 Å². The third-order valence-corrected chi connectivity index (χ3v) is 4.57. The second kappa shape index (κ2) is 5.57. The van der Waals surface area contributed by atoms with Crippen LogP contribution in [-0.2, 0) is 0 Å². The molecular weight excluding hydrogens is 288 g/mol. The number of aryl methyl sites for hydroxylation is 1. The molecule has 1 fully saturated rings. The van der Waals surface area contributed by atoms with E-state index < -0.39 is 0 Å². The average molecular weight is 308 g/mol. The molecule has 5 heteroatoms. The lowest BCUT2D eigenvalue weighted by atomic mass is 10.1. The maximum absolute atomic E-state index is 12.9. The summed E-state index contributed by atoms with van der Waals surface area (Å²) in [6.07, 6.45) is 5.38. The van der Waals surface area contributed by atoms with E-state index in [-0.39, 0.29) is 5.56 Å². The van der Waals surface area contributed by atoms with E-state index in [9.17, 15) is 4.79 Å². The standard InChI is InChI=1S/C18H20N4O/c1-13-16(21-10-6-3-7-11-21)18(23)22-17(20-13)15(12-19-22)14-8-4-2-5-9-14/h2,4-5,8-9,12,19H,3,6-7,10-11H2,1H3. The van der Waals surface area contributed by atoms with E-state index in [0.29, 0.717) is 5.65 Å². The summed E-state index contributed by atoms with van der Waals surface area (Å²) in [7, 11) is 0. The fraction of sp³-hybridized carbons (Fsp3) is 0.333. The number of anilines is 1. The Hall–Kier alpha value is -2.56. The number of fused-ring (bicyclic) bond motifs is 1. The molecule has 1 saturated heterocycles. The summed E-state index contributed by atoms with van der Waals surface area (Å²) in [5.41, 5.74) is 4.26. The van der Waals surface area contributed by atoms with Crippen molar-refractivity contribution in [3.63, 3.8) is 0 Å². The molecule has 1 aliphatic rings. The fourth-order valence-corrected chi connectivity index (χ4v) is 3.42. The normalized spacial score (nSPS) is 15.3. The molecule has 5 nitrogen and oxygen atoms in total. The van der Waals surface area contributed by atoms with Gasteiger partial charge in [-0.1, -0.05) is 30.3 Å². The van der Waals surface area contributed by atoms with Crippen molar-refractivity contribution in [2.75, 3.05) is 18.0 Å². The monoisotopic (exact) mass is 308 g/mol. The molecule has 0 atom stereocenters. The number of aromatic nitrogens is 3. The number of hydrogen-bond acceptors (Lipinski definition) is 3. The van der Waals surface area contributed by atoms with E-state index in [4.69, 9.17) is 4.98 Å². The molecule has 0 amide bonds. The number of hydrogen-bond donors (Lipinski definition) is 1. The van der Waals surface area contributed by atoms with Gasteiger partial charge in [0, 0.05) is 24.8 Å². The molecule has 1 N–H and O–H groups in total. The van der Waals surface area contributed by atoms with Crippen LogP contribution in [0.3, 0.4) is 0 Å². The van der Waals surface area contributed by atoms with Crippen molar-refractivity contribution in [3.05, 3.63) is 52.6 Å². The van der Waals surface area contributed by atoms with Gasteiger partial charge in [0.15, 0.2) is 5.65 Å². The van der Waals surface area contributed by atoms with Crippen molar-refractivity contribution in [2.24, 2.45) is 0 Å². The molecule has 3 aromatic rings. The minimum Gasteiger partial charge on any atom is -0.366 e. The summed E-state index contributed by atoms with van der Waals surface area (Å²) >= 11 is 0. The zero-order valence-electron chi connectivity index (χ0n) is 13.2. The highest BCUT2D eigenvalue weighted by Crippen LogP contribution is 2.25. The predicted octanol–water partition coefficient (Wildman–Crippen LogP) is 2.99. The van der Waals surface area contributed by atoms with E-state index in [1.165, 1.54) is 6.42 Å². The van der Waals surface area contributed by atoms with Crippen molar-refractivity contribution < 1.29 is 0 Å². The number of aromatic amines is 1. The van der Waals surface area contributed by atoms with E-state index in [1.807, 2.05) is 43.5 Å². The summed E-state index contributed by atoms with van der Waals surface area (Å²) in [6.45, 7) is 3.82. The lowest BCUT2D eigenvalue weighted by Crippen LogP contribution is -2.36. The first-order valence-corrected chi connectivity index (χ1v) is 8.17. The van der Waals surface area contributed by atoms with Gasteiger partial charge in [-0.05, 0) is 31.7 Å². The van der Waals surface area contributed by atoms with Gasteiger partial charge in [0.05, 0.1) is 5.69 Å². The Kier molecular flexibility index (Phi) is 3.41. The minimum absolute atomic E-state index is 0.00317. The van der Waals surface area contributed by atoms with Crippen LogP contribution in [0.25, 0.3) is 16.8 Å². The van der Waals surface area contributed by atoms with Gasteiger partial charge in [-0.3, -0.25) is 9.89 Å². The quantitative estimate of drug-likeness (QED) is 0.792. The maximum Gasteiger partial charge on any atom is 0.296 e. The van der Waals surface area contributed by atoms with E-state index in [1.54, 1.807) is 4.52 Å². The Labute approximate surface area is 134 Å². The number of nitrogens with one attached hydrogen (secondary N) is 1. The second-order valence-electron chi connectivity index (χ2n) is 6.11. The molecule has 1 aromatic carbocycles. The van der Waals surface area contributed by atoms with Crippen LogP contribution in [0.1, 0.15) is 25.0 Å². The SMILES string of the molecule is Cc1nc2c(-c3ccccc3)c[nH]n2c(=O)c1N1CCCCC1. The first kappa shape index (κ1) is 14.1. The van der Waals surface area contributed by atoms with Gasteiger partial charge in [0.1, 0.15) is 5.69 Å². The summed E-state index contributed by atoms with van der Waals surface area (Å²) in [5.74, 6) is 0. The molecule has 118 valence electrons. The third-order valence-electron chi connectivity index (χ3n) is 4.57. The highest BCUT2D eigenvalue weighted by atomic mass is 16.1. The summed E-state index contributed by atoms with van der Waals surface area (Å²) in [4.78, 5) is 19.9. The molecule has 4 rings (SSSR count). The molecule has 23 heavy (non-hydrogen) atoms. The maximum atomic E-state index is 12.9. The Bertz CT molecular complexity index is 889.